The molecule has 0 nitrogen and oxygen atoms in total. The number of benzene rings is 4. The summed E-state index contributed by atoms with van der Waals surface area (Å²) in [7, 11) is 0. The van der Waals surface area contributed by atoms with Crippen LogP contribution in [-0.2, 0) is 30.7 Å². The Hall–Kier alpha value is -1.73. The van der Waals surface area contributed by atoms with Gasteiger partial charge in [0.1, 0.15) is 0 Å². The van der Waals surface area contributed by atoms with E-state index >= 15 is 0 Å². The maximum Gasteiger partial charge on any atom is -1.00 e. The molecule has 0 N–H and O–H groups in total. The van der Waals surface area contributed by atoms with E-state index in [9.17, 15) is 0 Å². The number of halogens is 4. The molecule has 1 atom stereocenters. The summed E-state index contributed by atoms with van der Waals surface area (Å²) in [6.45, 7) is 17.7. The van der Waals surface area contributed by atoms with Crippen molar-refractivity contribution in [3.63, 3.8) is 0 Å². The number of hydrogen-bond acceptors (Lipinski definition) is 0. The van der Waals surface area contributed by atoms with Crippen LogP contribution in [0, 0.1) is 51.2 Å². The van der Waals surface area contributed by atoms with Crippen LogP contribution >= 0.6 is 23.2 Å². The van der Waals surface area contributed by atoms with Crippen LogP contribution in [0.25, 0.3) is 11.1 Å². The predicted molar refractivity (Wildman–Crippen MR) is 192 cm³/mol. The SMILES string of the molecule is CCCC1[C-]=CC(C(C)(C)C)=C1.Cc1[c-]c2c(cc1C)-c1cc(C)c(C)cc1C2.Clc1cccc([C](=[Zr+2])c2cccc(Cl)c2)c1.[Cl-].[Cl-]. The Morgan fingerprint density at radius 3 is 1.87 bits per heavy atom. The molecule has 0 aliphatic heterocycles. The molecule has 2 aliphatic rings. The normalized spacial score (nSPS) is 13.9. The van der Waals surface area contributed by atoms with Crippen molar-refractivity contribution >= 4 is 26.4 Å². The van der Waals surface area contributed by atoms with Crippen LogP contribution in [0.3, 0.4) is 0 Å². The third-order valence-corrected chi connectivity index (χ3v) is 10.4. The molecular weight excluding hydrogens is 737 g/mol. The van der Waals surface area contributed by atoms with Crippen molar-refractivity contribution in [3.8, 4) is 11.1 Å². The monoisotopic (exact) mass is 778 g/mol. The van der Waals surface area contributed by atoms with Crippen molar-refractivity contribution in [1.82, 2.24) is 0 Å². The maximum atomic E-state index is 5.98. The molecule has 0 saturated heterocycles. The zero-order valence-corrected chi connectivity index (χ0v) is 34.2. The van der Waals surface area contributed by atoms with Gasteiger partial charge in [0.25, 0.3) is 0 Å². The summed E-state index contributed by atoms with van der Waals surface area (Å²) in [6.07, 6.45) is 11.5. The summed E-state index contributed by atoms with van der Waals surface area (Å²) < 4.78 is 1.26. The van der Waals surface area contributed by atoms with Gasteiger partial charge < -0.3 is 24.8 Å². The summed E-state index contributed by atoms with van der Waals surface area (Å²) >= 11 is 13.3. The first-order chi connectivity index (χ1) is 21.3. The van der Waals surface area contributed by atoms with E-state index in [4.69, 9.17) is 23.2 Å². The maximum absolute atomic E-state index is 5.98. The van der Waals surface area contributed by atoms with Crippen molar-refractivity contribution in [3.05, 3.63) is 151 Å². The molecule has 0 radical (unpaired) electrons. The number of allylic oxidation sites excluding steroid dienone is 4. The van der Waals surface area contributed by atoms with Gasteiger partial charge in [0.05, 0.1) is 0 Å². The first-order valence-electron chi connectivity index (χ1n) is 15.8. The van der Waals surface area contributed by atoms with E-state index in [2.05, 4.69) is 110 Å². The average molecular weight is 782 g/mol. The van der Waals surface area contributed by atoms with Crippen molar-refractivity contribution in [2.45, 2.75) is 74.7 Å². The number of rotatable bonds is 4. The quantitative estimate of drug-likeness (QED) is 0.192. The van der Waals surface area contributed by atoms with Crippen LogP contribution in [0.15, 0.2) is 84.5 Å². The van der Waals surface area contributed by atoms with Gasteiger partial charge in [0, 0.05) is 0 Å². The van der Waals surface area contributed by atoms with E-state index in [1.165, 1.54) is 90.4 Å². The predicted octanol–water partition coefficient (Wildman–Crippen LogP) is 6.16. The molecule has 0 heterocycles. The second-order valence-electron chi connectivity index (χ2n) is 13.2. The van der Waals surface area contributed by atoms with Crippen molar-refractivity contribution in [2.24, 2.45) is 11.3 Å². The second-order valence-corrected chi connectivity index (χ2v) is 15.3. The molecule has 0 saturated carbocycles. The summed E-state index contributed by atoms with van der Waals surface area (Å²) in [6, 6.07) is 26.3. The standard InChI is InChI=1S/C17H17.C13H8Cl2.C12H19.2ClH.Zr/c1-10-5-14-9-15-6-11(2)13(4)8-17(15)16(14)7-12(10)3;14-12-5-1-3-10(8-12)7-11-4-2-6-13(15)9-11;1-5-6-10-7-8-11(9-10)12(2,3)4;;;/h5,7-8H,9H2,1-4H3;1-6,8-9H;8-10H,5-6H2,1-4H3;2*1H;/q-1;;-1;;;+2/p-2. The first kappa shape index (κ1) is 41.4. The third kappa shape index (κ3) is 11.1. The van der Waals surface area contributed by atoms with Gasteiger partial charge in [-0.15, -0.1) is 11.1 Å². The minimum absolute atomic E-state index is 0. The number of fused-ring (bicyclic) bond motifs is 3. The molecule has 0 aromatic heterocycles. The van der Waals surface area contributed by atoms with Gasteiger partial charge in [-0.2, -0.15) is 34.9 Å². The van der Waals surface area contributed by atoms with Crippen LogP contribution in [0.2, 0.25) is 10.0 Å². The molecule has 5 heteroatoms. The van der Waals surface area contributed by atoms with Gasteiger partial charge in [-0.25, -0.2) is 6.08 Å². The molecule has 0 bridgehead atoms. The Morgan fingerprint density at radius 1 is 0.809 bits per heavy atom. The van der Waals surface area contributed by atoms with Crippen molar-refractivity contribution in [2.75, 3.05) is 0 Å². The minimum atomic E-state index is 0. The molecule has 246 valence electrons. The molecule has 1 unspecified atom stereocenters. The van der Waals surface area contributed by atoms with Crippen molar-refractivity contribution in [1.29, 1.82) is 0 Å². The minimum Gasteiger partial charge on any atom is -1.00 e. The van der Waals surface area contributed by atoms with E-state index in [-0.39, 0.29) is 24.8 Å². The molecule has 4 aromatic rings. The Labute approximate surface area is 321 Å². The molecular formula is C42H44Cl4Zr-2. The third-order valence-electron chi connectivity index (χ3n) is 8.52. The fourth-order valence-electron chi connectivity index (χ4n) is 5.56. The van der Waals surface area contributed by atoms with Crippen molar-refractivity contribution < 1.29 is 49.0 Å². The van der Waals surface area contributed by atoms with Crippen LogP contribution in [0.5, 0.6) is 0 Å². The molecule has 2 aliphatic carbocycles. The van der Waals surface area contributed by atoms with Gasteiger partial charge in [-0.1, -0.05) is 83.4 Å². The Balaban J connectivity index is 0.000000244. The molecule has 0 spiro atoms. The van der Waals surface area contributed by atoms with E-state index in [1.807, 2.05) is 36.4 Å². The van der Waals surface area contributed by atoms with E-state index in [1.54, 1.807) is 0 Å². The largest absolute Gasteiger partial charge is 1.00 e. The van der Waals surface area contributed by atoms with Gasteiger partial charge >= 0.3 is 120 Å². The fourth-order valence-corrected chi connectivity index (χ4v) is 6.70. The van der Waals surface area contributed by atoms with Gasteiger partial charge in [0.15, 0.2) is 0 Å². The van der Waals surface area contributed by atoms with Gasteiger partial charge in [-0.05, 0) is 37.0 Å². The zero-order valence-electron chi connectivity index (χ0n) is 28.7. The summed E-state index contributed by atoms with van der Waals surface area (Å²) in [4.78, 5) is 0. The topological polar surface area (TPSA) is 0 Å². The second kappa shape index (κ2) is 18.3. The van der Waals surface area contributed by atoms with Gasteiger partial charge in [-0.3, -0.25) is 6.08 Å². The van der Waals surface area contributed by atoms with Gasteiger partial charge in [0.2, 0.25) is 0 Å². The Morgan fingerprint density at radius 2 is 1.36 bits per heavy atom. The van der Waals surface area contributed by atoms with E-state index in [0.29, 0.717) is 11.3 Å². The molecule has 4 aromatic carbocycles. The zero-order chi connectivity index (χ0) is 32.9. The Kier molecular flexibility index (Phi) is 16.2. The summed E-state index contributed by atoms with van der Waals surface area (Å²) in [5.41, 5.74) is 15.1. The summed E-state index contributed by atoms with van der Waals surface area (Å²) in [5, 5.41) is 1.53. The molecule has 6 rings (SSSR count). The Bertz CT molecular complexity index is 1650. The van der Waals surface area contributed by atoms with Crippen LogP contribution < -0.4 is 24.8 Å². The first-order valence-corrected chi connectivity index (χ1v) is 17.8. The molecule has 0 amide bonds. The fraction of sp³-hybridized carbons (Fsp3) is 0.310. The van der Waals surface area contributed by atoms with E-state index in [0.717, 1.165) is 27.6 Å². The average Bonchev–Trinajstić information content (AvgIpc) is 3.59. The number of hydrogen-bond donors (Lipinski definition) is 0. The molecule has 0 fully saturated rings. The summed E-state index contributed by atoms with van der Waals surface area (Å²) in [5.74, 6) is 0.587. The van der Waals surface area contributed by atoms with E-state index < -0.39 is 0 Å². The smallest absolute Gasteiger partial charge is 1.00 e. The van der Waals surface area contributed by atoms with Crippen LogP contribution in [-0.4, -0.2) is 3.21 Å². The van der Waals surface area contributed by atoms with Crippen LogP contribution in [0.1, 0.15) is 85.0 Å². The number of aryl methyl sites for hydroxylation is 4. The molecule has 47 heavy (non-hydrogen) atoms. The van der Waals surface area contributed by atoms with Crippen LogP contribution in [0.4, 0.5) is 0 Å².